The maximum absolute atomic E-state index is 13.1. The second kappa shape index (κ2) is 8.50. The van der Waals surface area contributed by atoms with E-state index in [4.69, 9.17) is 9.47 Å². The van der Waals surface area contributed by atoms with Crippen molar-refractivity contribution in [2.24, 2.45) is 0 Å². The van der Waals surface area contributed by atoms with E-state index in [9.17, 15) is 13.2 Å². The molecule has 3 rings (SSSR count). The number of thiophene rings is 1. The summed E-state index contributed by atoms with van der Waals surface area (Å²) in [5, 5.41) is 1.72. The molecule has 9 heteroatoms. The molecule has 1 fully saturated rings. The first-order valence-corrected chi connectivity index (χ1v) is 11.2. The molecular weight excluding hydrogens is 400 g/mol. The molecule has 0 N–H and O–H groups in total. The SMILES string of the molecule is COc1ccc(CN(C)C(=O)C2CCCN2S(=O)(=O)c2cccs2)c(OC)c1. The first-order valence-electron chi connectivity index (χ1n) is 8.89. The predicted octanol–water partition coefficient (Wildman–Crippen LogP) is 2.58. The third-order valence-electron chi connectivity index (χ3n) is 4.82. The van der Waals surface area contributed by atoms with Crippen molar-refractivity contribution in [3.63, 3.8) is 0 Å². The van der Waals surface area contributed by atoms with E-state index < -0.39 is 16.1 Å². The normalized spacial score (nSPS) is 17.5. The zero-order valence-electron chi connectivity index (χ0n) is 16.1. The molecule has 1 aliphatic rings. The molecule has 1 amide bonds. The highest BCUT2D eigenvalue weighted by Gasteiger charge is 2.41. The molecule has 1 aliphatic heterocycles. The molecule has 7 nitrogen and oxygen atoms in total. The van der Waals surface area contributed by atoms with Gasteiger partial charge in [0.25, 0.3) is 10.0 Å². The molecule has 0 bridgehead atoms. The lowest BCUT2D eigenvalue weighted by Gasteiger charge is -2.27. The second-order valence-corrected chi connectivity index (χ2v) is 9.64. The van der Waals surface area contributed by atoms with Crippen LogP contribution in [0.15, 0.2) is 39.9 Å². The molecule has 152 valence electrons. The van der Waals surface area contributed by atoms with Gasteiger partial charge >= 0.3 is 0 Å². The smallest absolute Gasteiger partial charge is 0.253 e. The summed E-state index contributed by atoms with van der Waals surface area (Å²) < 4.78 is 38.0. The monoisotopic (exact) mass is 424 g/mol. The third-order valence-corrected chi connectivity index (χ3v) is 8.11. The summed E-state index contributed by atoms with van der Waals surface area (Å²) in [6.07, 6.45) is 1.19. The fourth-order valence-corrected chi connectivity index (χ4v) is 6.14. The molecule has 28 heavy (non-hydrogen) atoms. The number of hydrogen-bond acceptors (Lipinski definition) is 6. The van der Waals surface area contributed by atoms with Gasteiger partial charge < -0.3 is 14.4 Å². The van der Waals surface area contributed by atoms with Gasteiger partial charge in [-0.25, -0.2) is 8.42 Å². The number of amides is 1. The van der Waals surface area contributed by atoms with Crippen molar-refractivity contribution in [3.8, 4) is 11.5 Å². The van der Waals surface area contributed by atoms with Gasteiger partial charge in [-0.1, -0.05) is 6.07 Å². The van der Waals surface area contributed by atoms with Crippen LogP contribution in [0.25, 0.3) is 0 Å². The van der Waals surface area contributed by atoms with E-state index >= 15 is 0 Å². The van der Waals surface area contributed by atoms with Crippen molar-refractivity contribution < 1.29 is 22.7 Å². The number of carbonyl (C=O) groups is 1. The first kappa shape index (κ1) is 20.6. The summed E-state index contributed by atoms with van der Waals surface area (Å²) in [5.74, 6) is 1.07. The number of carbonyl (C=O) groups excluding carboxylic acids is 1. The first-order chi connectivity index (χ1) is 13.4. The number of sulfonamides is 1. The number of methoxy groups -OCH3 is 2. The standard InChI is InChI=1S/C19H24N2O5S2/c1-20(13-14-8-9-15(25-2)12-17(14)26-3)19(22)16-6-4-10-21(16)28(23,24)18-7-5-11-27-18/h5,7-9,11-12,16H,4,6,10,13H2,1-3H3. The Morgan fingerprint density at radius 2 is 2.07 bits per heavy atom. The Hall–Kier alpha value is -2.10. The third kappa shape index (κ3) is 4.01. The number of hydrogen-bond donors (Lipinski definition) is 0. The summed E-state index contributed by atoms with van der Waals surface area (Å²) in [7, 11) is 1.16. The van der Waals surface area contributed by atoms with Crippen LogP contribution >= 0.6 is 11.3 Å². The zero-order valence-corrected chi connectivity index (χ0v) is 17.8. The molecule has 0 radical (unpaired) electrons. The molecule has 0 spiro atoms. The highest BCUT2D eigenvalue weighted by Crippen LogP contribution is 2.30. The predicted molar refractivity (Wildman–Crippen MR) is 107 cm³/mol. The van der Waals surface area contributed by atoms with Gasteiger partial charge in [-0.05, 0) is 36.4 Å². The molecule has 1 unspecified atom stereocenters. The number of rotatable bonds is 7. The summed E-state index contributed by atoms with van der Waals surface area (Å²) in [6.45, 7) is 0.672. The Morgan fingerprint density at radius 1 is 1.29 bits per heavy atom. The molecule has 1 aromatic heterocycles. The summed E-state index contributed by atoms with van der Waals surface area (Å²) >= 11 is 1.17. The van der Waals surface area contributed by atoms with Crippen molar-refractivity contribution in [3.05, 3.63) is 41.3 Å². The maximum atomic E-state index is 13.1. The van der Waals surface area contributed by atoms with Crippen LogP contribution in [0.3, 0.4) is 0 Å². The minimum Gasteiger partial charge on any atom is -0.497 e. The van der Waals surface area contributed by atoms with Gasteiger partial charge in [-0.2, -0.15) is 4.31 Å². The van der Waals surface area contributed by atoms with Crippen LogP contribution in [-0.4, -0.2) is 57.4 Å². The molecule has 1 atom stereocenters. The molecule has 0 aliphatic carbocycles. The Kier molecular flexibility index (Phi) is 6.26. The van der Waals surface area contributed by atoms with E-state index in [1.807, 2.05) is 6.07 Å². The van der Waals surface area contributed by atoms with E-state index in [1.165, 1.54) is 15.6 Å². The highest BCUT2D eigenvalue weighted by molar-refractivity contribution is 7.91. The van der Waals surface area contributed by atoms with Gasteiger partial charge in [-0.15, -0.1) is 11.3 Å². The van der Waals surface area contributed by atoms with Crippen LogP contribution in [0.5, 0.6) is 11.5 Å². The van der Waals surface area contributed by atoms with Crippen molar-refractivity contribution in [1.29, 1.82) is 0 Å². The quantitative estimate of drug-likeness (QED) is 0.683. The highest BCUT2D eigenvalue weighted by atomic mass is 32.2. The van der Waals surface area contributed by atoms with Crippen LogP contribution in [0.4, 0.5) is 0 Å². The number of benzene rings is 1. The van der Waals surface area contributed by atoms with Crippen molar-refractivity contribution in [2.75, 3.05) is 27.8 Å². The van der Waals surface area contributed by atoms with Crippen LogP contribution in [0.1, 0.15) is 18.4 Å². The lowest BCUT2D eigenvalue weighted by atomic mass is 10.1. The fraction of sp³-hybridized carbons (Fsp3) is 0.421. The van der Waals surface area contributed by atoms with E-state index in [-0.39, 0.29) is 10.1 Å². The van der Waals surface area contributed by atoms with E-state index in [1.54, 1.807) is 55.8 Å². The number of likely N-dealkylation sites (N-methyl/N-ethyl adjacent to an activating group) is 1. The molecule has 0 saturated carbocycles. The van der Waals surface area contributed by atoms with Crippen LogP contribution in [-0.2, 0) is 21.4 Å². The van der Waals surface area contributed by atoms with Crippen LogP contribution in [0, 0.1) is 0 Å². The average Bonchev–Trinajstić information content (AvgIpc) is 3.39. The maximum Gasteiger partial charge on any atom is 0.253 e. The Balaban J connectivity index is 1.78. The summed E-state index contributed by atoms with van der Waals surface area (Å²) in [4.78, 5) is 14.6. The van der Waals surface area contributed by atoms with Gasteiger partial charge in [-0.3, -0.25) is 4.79 Å². The van der Waals surface area contributed by atoms with E-state index in [0.29, 0.717) is 37.4 Å². The Bertz CT molecular complexity index is 928. The zero-order chi connectivity index (χ0) is 20.3. The molecule has 1 saturated heterocycles. The molecular formula is C19H24N2O5S2. The van der Waals surface area contributed by atoms with Crippen LogP contribution < -0.4 is 9.47 Å². The fourth-order valence-electron chi connectivity index (χ4n) is 3.37. The van der Waals surface area contributed by atoms with Gasteiger partial charge in [0.15, 0.2) is 0 Å². The topological polar surface area (TPSA) is 76.2 Å². The average molecular weight is 425 g/mol. The minimum atomic E-state index is -3.65. The summed E-state index contributed by atoms with van der Waals surface area (Å²) in [5.41, 5.74) is 0.824. The van der Waals surface area contributed by atoms with Gasteiger partial charge in [0.1, 0.15) is 21.8 Å². The van der Waals surface area contributed by atoms with E-state index in [2.05, 4.69) is 0 Å². The Labute approximate surface area is 169 Å². The number of ether oxygens (including phenoxy) is 2. The lowest BCUT2D eigenvalue weighted by Crippen LogP contribution is -2.46. The van der Waals surface area contributed by atoms with Crippen molar-refractivity contribution in [1.82, 2.24) is 9.21 Å². The molecule has 1 aromatic carbocycles. The van der Waals surface area contributed by atoms with E-state index in [0.717, 1.165) is 5.56 Å². The van der Waals surface area contributed by atoms with Gasteiger partial charge in [0.2, 0.25) is 5.91 Å². The van der Waals surface area contributed by atoms with Crippen molar-refractivity contribution in [2.45, 2.75) is 29.6 Å². The second-order valence-electron chi connectivity index (χ2n) is 6.58. The van der Waals surface area contributed by atoms with Gasteiger partial charge in [0.05, 0.1) is 14.2 Å². The molecule has 2 aromatic rings. The summed E-state index contributed by atoms with van der Waals surface area (Å²) in [6, 6.07) is 8.01. The largest absolute Gasteiger partial charge is 0.497 e. The lowest BCUT2D eigenvalue weighted by molar-refractivity contribution is -0.133. The minimum absolute atomic E-state index is 0.212. The van der Waals surface area contributed by atoms with Crippen molar-refractivity contribution >= 4 is 27.3 Å². The number of nitrogens with zero attached hydrogens (tertiary/aromatic N) is 2. The Morgan fingerprint density at radius 3 is 2.71 bits per heavy atom. The van der Waals surface area contributed by atoms with Crippen LogP contribution in [0.2, 0.25) is 0 Å². The molecule has 2 heterocycles. The van der Waals surface area contributed by atoms with Gasteiger partial charge in [0, 0.05) is 31.8 Å².